The summed E-state index contributed by atoms with van der Waals surface area (Å²) in [6, 6.07) is 0.402. The highest BCUT2D eigenvalue weighted by atomic mass is 16.5. The molecule has 0 bridgehead atoms. The number of carboxylic acid groups (broad SMARTS) is 1. The van der Waals surface area contributed by atoms with Gasteiger partial charge in [-0.1, -0.05) is 6.92 Å². The van der Waals surface area contributed by atoms with Crippen LogP contribution in [0.4, 0.5) is 0 Å². The number of hydrogen-bond acceptors (Lipinski definition) is 3. The first-order valence-corrected chi connectivity index (χ1v) is 5.22. The summed E-state index contributed by atoms with van der Waals surface area (Å²) in [4.78, 5) is 12.7. The Hall–Kier alpha value is -0.610. The number of ether oxygens (including phenoxy) is 1. The summed E-state index contributed by atoms with van der Waals surface area (Å²) in [6.45, 7) is 6.44. The largest absolute Gasteiger partial charge is 0.481 e. The third-order valence-electron chi connectivity index (χ3n) is 2.82. The first-order chi connectivity index (χ1) is 6.65. The van der Waals surface area contributed by atoms with Crippen molar-refractivity contribution in [2.75, 3.05) is 19.7 Å². The molecule has 0 amide bonds. The van der Waals surface area contributed by atoms with Crippen LogP contribution in [0.15, 0.2) is 0 Å². The molecule has 1 saturated heterocycles. The van der Waals surface area contributed by atoms with Crippen LogP contribution < -0.4 is 0 Å². The smallest absolute Gasteiger partial charge is 0.304 e. The molecule has 2 atom stereocenters. The predicted octanol–water partition coefficient (Wildman–Crippen LogP) is 0.960. The van der Waals surface area contributed by atoms with Crippen molar-refractivity contribution in [2.45, 2.75) is 38.8 Å². The Morgan fingerprint density at radius 3 is 2.79 bits per heavy atom. The zero-order valence-electron chi connectivity index (χ0n) is 8.90. The van der Waals surface area contributed by atoms with Crippen LogP contribution in [-0.2, 0) is 9.53 Å². The van der Waals surface area contributed by atoms with Crippen molar-refractivity contribution >= 4 is 5.97 Å². The average molecular weight is 201 g/mol. The quantitative estimate of drug-likeness (QED) is 0.719. The van der Waals surface area contributed by atoms with Gasteiger partial charge in [0.05, 0.1) is 12.5 Å². The van der Waals surface area contributed by atoms with Crippen LogP contribution in [0.25, 0.3) is 0 Å². The fourth-order valence-corrected chi connectivity index (χ4v) is 2.00. The predicted molar refractivity (Wildman–Crippen MR) is 53.3 cm³/mol. The normalized spacial score (nSPS) is 27.1. The second-order valence-electron chi connectivity index (χ2n) is 3.70. The van der Waals surface area contributed by atoms with Crippen LogP contribution in [-0.4, -0.2) is 47.8 Å². The van der Waals surface area contributed by atoms with Crippen LogP contribution >= 0.6 is 0 Å². The first kappa shape index (κ1) is 11.5. The summed E-state index contributed by atoms with van der Waals surface area (Å²) in [5.41, 5.74) is 0. The van der Waals surface area contributed by atoms with Crippen LogP contribution in [0, 0.1) is 0 Å². The van der Waals surface area contributed by atoms with E-state index in [1.807, 2.05) is 0 Å². The lowest BCUT2D eigenvalue weighted by Gasteiger charge is -2.28. The van der Waals surface area contributed by atoms with Crippen molar-refractivity contribution in [3.63, 3.8) is 0 Å². The molecule has 14 heavy (non-hydrogen) atoms. The van der Waals surface area contributed by atoms with E-state index in [1.54, 1.807) is 0 Å². The number of carboxylic acids is 1. The van der Waals surface area contributed by atoms with Gasteiger partial charge in [0, 0.05) is 19.2 Å². The number of rotatable bonds is 5. The van der Waals surface area contributed by atoms with Crippen molar-refractivity contribution in [1.82, 2.24) is 4.90 Å². The molecule has 1 aliphatic heterocycles. The van der Waals surface area contributed by atoms with Gasteiger partial charge >= 0.3 is 5.97 Å². The van der Waals surface area contributed by atoms with Crippen LogP contribution in [0.2, 0.25) is 0 Å². The monoisotopic (exact) mass is 201 g/mol. The molecular weight excluding hydrogens is 182 g/mol. The summed E-state index contributed by atoms with van der Waals surface area (Å²) in [5.74, 6) is -0.727. The summed E-state index contributed by atoms with van der Waals surface area (Å²) >= 11 is 0. The van der Waals surface area contributed by atoms with Gasteiger partial charge in [-0.2, -0.15) is 0 Å². The van der Waals surface area contributed by atoms with Crippen LogP contribution in [0.3, 0.4) is 0 Å². The van der Waals surface area contributed by atoms with Crippen molar-refractivity contribution < 1.29 is 14.6 Å². The van der Waals surface area contributed by atoms with E-state index < -0.39 is 5.97 Å². The van der Waals surface area contributed by atoms with Crippen molar-refractivity contribution in [2.24, 2.45) is 0 Å². The Kier molecular flexibility index (Phi) is 4.35. The number of aliphatic carboxylic acids is 1. The molecule has 0 aromatic heterocycles. The van der Waals surface area contributed by atoms with Gasteiger partial charge in [-0.25, -0.2) is 0 Å². The van der Waals surface area contributed by atoms with Gasteiger partial charge in [0.2, 0.25) is 0 Å². The minimum Gasteiger partial charge on any atom is -0.481 e. The van der Waals surface area contributed by atoms with E-state index >= 15 is 0 Å². The molecule has 0 aromatic carbocycles. The molecule has 2 unspecified atom stereocenters. The lowest BCUT2D eigenvalue weighted by Crippen LogP contribution is -2.40. The van der Waals surface area contributed by atoms with E-state index in [9.17, 15) is 4.79 Å². The van der Waals surface area contributed by atoms with Crippen molar-refractivity contribution in [1.29, 1.82) is 0 Å². The van der Waals surface area contributed by atoms with E-state index in [4.69, 9.17) is 9.84 Å². The van der Waals surface area contributed by atoms with E-state index in [0.29, 0.717) is 12.6 Å². The fraction of sp³-hybridized carbons (Fsp3) is 0.900. The molecule has 1 N–H and O–H groups in total. The summed E-state index contributed by atoms with van der Waals surface area (Å²) < 4.78 is 5.47. The van der Waals surface area contributed by atoms with Crippen molar-refractivity contribution in [3.8, 4) is 0 Å². The maximum absolute atomic E-state index is 10.5. The van der Waals surface area contributed by atoms with E-state index in [2.05, 4.69) is 18.7 Å². The molecule has 1 rings (SSSR count). The lowest BCUT2D eigenvalue weighted by molar-refractivity contribution is -0.137. The van der Waals surface area contributed by atoms with Gasteiger partial charge < -0.3 is 9.84 Å². The number of likely N-dealkylation sites (N-methyl/N-ethyl adjacent to an activating group) is 1. The molecule has 0 spiro atoms. The zero-order valence-corrected chi connectivity index (χ0v) is 8.90. The Morgan fingerprint density at radius 2 is 2.36 bits per heavy atom. The third kappa shape index (κ3) is 2.96. The number of hydrogen-bond donors (Lipinski definition) is 1. The molecular formula is C10H19NO3. The molecule has 0 saturated carbocycles. The maximum atomic E-state index is 10.5. The summed E-state index contributed by atoms with van der Waals surface area (Å²) in [7, 11) is 0. The van der Waals surface area contributed by atoms with Crippen LogP contribution in [0.5, 0.6) is 0 Å². The first-order valence-electron chi connectivity index (χ1n) is 5.22. The molecule has 4 heteroatoms. The van der Waals surface area contributed by atoms with E-state index in [-0.39, 0.29) is 12.5 Å². The minimum absolute atomic E-state index is 0.219. The molecule has 82 valence electrons. The highest BCUT2D eigenvalue weighted by Crippen LogP contribution is 2.19. The molecule has 0 radical (unpaired) electrons. The maximum Gasteiger partial charge on any atom is 0.304 e. The zero-order chi connectivity index (χ0) is 10.6. The number of carbonyl (C=O) groups is 1. The average Bonchev–Trinajstić information content (AvgIpc) is 2.53. The Bertz CT molecular complexity index is 196. The van der Waals surface area contributed by atoms with Gasteiger partial charge in [0.25, 0.3) is 0 Å². The number of nitrogens with zero attached hydrogens (tertiary/aromatic N) is 1. The fourth-order valence-electron chi connectivity index (χ4n) is 2.00. The van der Waals surface area contributed by atoms with Gasteiger partial charge in [-0.05, 0) is 19.9 Å². The van der Waals surface area contributed by atoms with Gasteiger partial charge in [-0.15, -0.1) is 0 Å². The minimum atomic E-state index is -0.727. The molecule has 4 nitrogen and oxygen atoms in total. The molecule has 1 heterocycles. The highest BCUT2D eigenvalue weighted by molar-refractivity contribution is 5.66. The Balaban J connectivity index is 2.40. The second-order valence-corrected chi connectivity index (χ2v) is 3.70. The molecule has 1 fully saturated rings. The second kappa shape index (κ2) is 5.32. The lowest BCUT2D eigenvalue weighted by atomic mass is 10.1. The molecule has 1 aliphatic rings. The van der Waals surface area contributed by atoms with E-state index in [0.717, 1.165) is 19.6 Å². The molecule has 0 aliphatic carbocycles. The summed E-state index contributed by atoms with van der Waals surface area (Å²) in [6.07, 6.45) is 1.48. The molecule has 0 aromatic rings. The third-order valence-corrected chi connectivity index (χ3v) is 2.82. The summed E-state index contributed by atoms with van der Waals surface area (Å²) in [5, 5.41) is 8.61. The van der Waals surface area contributed by atoms with Gasteiger partial charge in [-0.3, -0.25) is 9.69 Å². The Morgan fingerprint density at radius 1 is 1.64 bits per heavy atom. The van der Waals surface area contributed by atoms with Gasteiger partial charge in [0.1, 0.15) is 0 Å². The van der Waals surface area contributed by atoms with Gasteiger partial charge in [0.15, 0.2) is 0 Å². The highest BCUT2D eigenvalue weighted by Gasteiger charge is 2.28. The van der Waals surface area contributed by atoms with E-state index in [1.165, 1.54) is 0 Å². The SMILES string of the molecule is CCN(CCC(=O)O)C1CCOC1C. The van der Waals surface area contributed by atoms with Crippen LogP contribution in [0.1, 0.15) is 26.7 Å². The standard InChI is InChI=1S/C10H19NO3/c1-3-11(6-4-10(12)13)9-5-7-14-8(9)2/h8-9H,3-7H2,1-2H3,(H,12,13). The van der Waals surface area contributed by atoms with Crippen molar-refractivity contribution in [3.05, 3.63) is 0 Å². The Labute approximate surface area is 84.8 Å². The topological polar surface area (TPSA) is 49.8 Å².